The fourth-order valence-electron chi connectivity index (χ4n) is 2.11. The van der Waals surface area contributed by atoms with Gasteiger partial charge in [0.05, 0.1) is 6.61 Å². The number of nitrogens with zero attached hydrogens (tertiary/aromatic N) is 2. The molecule has 0 atom stereocenters. The van der Waals surface area contributed by atoms with Crippen molar-refractivity contribution in [3.63, 3.8) is 0 Å². The topological polar surface area (TPSA) is 70.5 Å². The van der Waals surface area contributed by atoms with Gasteiger partial charge in [-0.25, -0.2) is 13.4 Å². The van der Waals surface area contributed by atoms with E-state index in [1.54, 1.807) is 21.7 Å². The van der Waals surface area contributed by atoms with Gasteiger partial charge in [-0.05, 0) is 35.9 Å². The van der Waals surface area contributed by atoms with Crippen molar-refractivity contribution in [2.24, 2.45) is 0 Å². The van der Waals surface area contributed by atoms with E-state index in [1.165, 1.54) is 12.3 Å². The van der Waals surface area contributed by atoms with Crippen molar-refractivity contribution in [3.05, 3.63) is 46.3 Å². The Morgan fingerprint density at radius 2 is 2.14 bits per heavy atom. The Morgan fingerprint density at radius 3 is 2.67 bits per heavy atom. The second-order valence-electron chi connectivity index (χ2n) is 5.02. The zero-order chi connectivity index (χ0) is 14.9. The van der Waals surface area contributed by atoms with Crippen molar-refractivity contribution >= 4 is 21.4 Å². The van der Waals surface area contributed by atoms with Gasteiger partial charge in [-0.3, -0.25) is 0 Å². The first-order valence-electron chi connectivity index (χ1n) is 6.71. The quantitative estimate of drug-likeness (QED) is 0.882. The Kier molecular flexibility index (Phi) is 4.08. The van der Waals surface area contributed by atoms with Crippen LogP contribution in [-0.2, 0) is 23.2 Å². The van der Waals surface area contributed by atoms with Gasteiger partial charge in [0.25, 0.3) is 10.0 Å². The lowest BCUT2D eigenvalue weighted by atomic mass is 10.3. The van der Waals surface area contributed by atoms with Crippen molar-refractivity contribution in [1.29, 1.82) is 0 Å². The zero-order valence-corrected chi connectivity index (χ0v) is 13.0. The summed E-state index contributed by atoms with van der Waals surface area (Å²) in [6.07, 6.45) is 3.21. The Labute approximate surface area is 127 Å². The van der Waals surface area contributed by atoms with Gasteiger partial charge in [0.2, 0.25) is 0 Å². The van der Waals surface area contributed by atoms with Crippen molar-refractivity contribution in [2.45, 2.75) is 37.1 Å². The van der Waals surface area contributed by atoms with Crippen LogP contribution in [0.1, 0.15) is 23.3 Å². The number of rotatable bonds is 6. The van der Waals surface area contributed by atoms with Crippen LogP contribution in [0, 0.1) is 0 Å². The molecular formula is C14H16N2O3S2. The molecule has 2 aromatic heterocycles. The molecule has 2 heterocycles. The number of hydrogen-bond donors (Lipinski definition) is 1. The molecule has 5 nitrogen and oxygen atoms in total. The summed E-state index contributed by atoms with van der Waals surface area (Å²) in [6, 6.07) is 7.00. The highest BCUT2D eigenvalue weighted by Crippen LogP contribution is 2.33. The summed E-state index contributed by atoms with van der Waals surface area (Å²) < 4.78 is 27.0. The second kappa shape index (κ2) is 5.84. The molecule has 0 radical (unpaired) electrons. The van der Waals surface area contributed by atoms with Crippen LogP contribution in [0.15, 0.2) is 40.9 Å². The molecule has 112 valence electrons. The summed E-state index contributed by atoms with van der Waals surface area (Å²) >= 11 is 1.55. The highest BCUT2D eigenvalue weighted by Gasteiger charge is 2.38. The van der Waals surface area contributed by atoms with E-state index in [-0.39, 0.29) is 17.7 Å². The third kappa shape index (κ3) is 3.16. The molecule has 21 heavy (non-hydrogen) atoms. The Bertz CT molecular complexity index is 692. The number of aliphatic hydroxyl groups excluding tert-OH is 1. The molecular weight excluding hydrogens is 308 g/mol. The summed E-state index contributed by atoms with van der Waals surface area (Å²) in [6.45, 7) is 0.253. The maximum Gasteiger partial charge on any atom is 0.261 e. The number of aromatic nitrogens is 1. The largest absolute Gasteiger partial charge is 0.392 e. The smallest absolute Gasteiger partial charge is 0.261 e. The van der Waals surface area contributed by atoms with Crippen LogP contribution >= 0.6 is 11.3 Å². The summed E-state index contributed by atoms with van der Waals surface area (Å²) in [7, 11) is -3.59. The summed E-state index contributed by atoms with van der Waals surface area (Å²) in [4.78, 5) is 5.02. The molecule has 0 unspecified atom stereocenters. The minimum atomic E-state index is -3.59. The summed E-state index contributed by atoms with van der Waals surface area (Å²) in [5.74, 6) is 0. The van der Waals surface area contributed by atoms with Crippen molar-refractivity contribution < 1.29 is 13.5 Å². The molecule has 2 aromatic rings. The third-order valence-corrected chi connectivity index (χ3v) is 6.08. The fourth-order valence-corrected chi connectivity index (χ4v) is 4.47. The zero-order valence-electron chi connectivity index (χ0n) is 11.3. The first-order valence-corrected chi connectivity index (χ1v) is 9.03. The molecule has 1 aliphatic rings. The van der Waals surface area contributed by atoms with Crippen LogP contribution in [0.2, 0.25) is 0 Å². The van der Waals surface area contributed by atoms with E-state index in [0.29, 0.717) is 12.1 Å². The standard InChI is InChI=1S/C14H16N2O3S2/c17-10-11-3-6-14(15-8-11)21(18,19)16(12-4-5-12)9-13-2-1-7-20-13/h1-3,6-8,12,17H,4-5,9-10H2. The van der Waals surface area contributed by atoms with Gasteiger partial charge >= 0.3 is 0 Å². The molecule has 1 aliphatic carbocycles. The average Bonchev–Trinajstić information content (AvgIpc) is 3.20. The van der Waals surface area contributed by atoms with Crippen LogP contribution in [0.4, 0.5) is 0 Å². The number of aliphatic hydroxyl groups is 1. The molecule has 0 aromatic carbocycles. The predicted octanol–water partition coefficient (Wildman–Crippen LogP) is 1.99. The number of pyridine rings is 1. The molecule has 0 spiro atoms. The van der Waals surface area contributed by atoms with Gasteiger partial charge in [0.15, 0.2) is 5.03 Å². The maximum absolute atomic E-state index is 12.7. The van der Waals surface area contributed by atoms with Crippen LogP contribution in [0.5, 0.6) is 0 Å². The average molecular weight is 324 g/mol. The van der Waals surface area contributed by atoms with Crippen LogP contribution in [0.3, 0.4) is 0 Å². The van der Waals surface area contributed by atoms with E-state index in [2.05, 4.69) is 4.98 Å². The molecule has 0 saturated heterocycles. The van der Waals surface area contributed by atoms with Gasteiger partial charge in [-0.2, -0.15) is 4.31 Å². The van der Waals surface area contributed by atoms with Crippen molar-refractivity contribution in [2.75, 3.05) is 0 Å². The lowest BCUT2D eigenvalue weighted by molar-refractivity contribution is 0.281. The van der Waals surface area contributed by atoms with E-state index < -0.39 is 10.0 Å². The minimum Gasteiger partial charge on any atom is -0.392 e. The van der Waals surface area contributed by atoms with Gasteiger partial charge in [-0.1, -0.05) is 12.1 Å². The van der Waals surface area contributed by atoms with Gasteiger partial charge in [0, 0.05) is 23.7 Å². The first kappa shape index (κ1) is 14.6. The molecule has 0 bridgehead atoms. The van der Waals surface area contributed by atoms with Crippen molar-refractivity contribution in [3.8, 4) is 0 Å². The molecule has 1 fully saturated rings. The number of sulfonamides is 1. The third-order valence-electron chi connectivity index (χ3n) is 3.40. The van der Waals surface area contributed by atoms with Crippen molar-refractivity contribution in [1.82, 2.24) is 9.29 Å². The molecule has 7 heteroatoms. The van der Waals surface area contributed by atoms with Crippen LogP contribution < -0.4 is 0 Å². The minimum absolute atomic E-state index is 0.0446. The molecule has 0 amide bonds. The van der Waals surface area contributed by atoms with E-state index in [1.807, 2.05) is 17.5 Å². The summed E-state index contributed by atoms with van der Waals surface area (Å²) in [5, 5.41) is 11.0. The summed E-state index contributed by atoms with van der Waals surface area (Å²) in [5.41, 5.74) is 0.602. The van der Waals surface area contributed by atoms with E-state index in [9.17, 15) is 8.42 Å². The maximum atomic E-state index is 12.7. The van der Waals surface area contributed by atoms with E-state index in [4.69, 9.17) is 5.11 Å². The Hall–Kier alpha value is -1.28. The fraction of sp³-hybridized carbons (Fsp3) is 0.357. The molecule has 1 saturated carbocycles. The van der Waals surface area contributed by atoms with Gasteiger partial charge < -0.3 is 5.11 Å². The lowest BCUT2D eigenvalue weighted by Gasteiger charge is -2.20. The van der Waals surface area contributed by atoms with E-state index >= 15 is 0 Å². The van der Waals surface area contributed by atoms with E-state index in [0.717, 1.165) is 17.7 Å². The highest BCUT2D eigenvalue weighted by atomic mass is 32.2. The first-order chi connectivity index (χ1) is 10.1. The molecule has 1 N–H and O–H groups in total. The number of hydrogen-bond acceptors (Lipinski definition) is 5. The van der Waals surface area contributed by atoms with Crippen LogP contribution in [-0.4, -0.2) is 28.9 Å². The molecule has 0 aliphatic heterocycles. The predicted molar refractivity (Wildman–Crippen MR) is 80.2 cm³/mol. The monoisotopic (exact) mass is 324 g/mol. The second-order valence-corrected chi connectivity index (χ2v) is 7.89. The Morgan fingerprint density at radius 1 is 1.33 bits per heavy atom. The van der Waals surface area contributed by atoms with Crippen LogP contribution in [0.25, 0.3) is 0 Å². The number of thiophene rings is 1. The molecule has 3 rings (SSSR count). The SMILES string of the molecule is O=S(=O)(c1ccc(CO)cn1)N(Cc1cccs1)C1CC1. The normalized spacial score (nSPS) is 15.5. The lowest BCUT2D eigenvalue weighted by Crippen LogP contribution is -2.33. The van der Waals surface area contributed by atoms with Gasteiger partial charge in [-0.15, -0.1) is 11.3 Å². The Balaban J connectivity index is 1.89. The highest BCUT2D eigenvalue weighted by molar-refractivity contribution is 7.89. The van der Waals surface area contributed by atoms with Gasteiger partial charge in [0.1, 0.15) is 0 Å².